The lowest BCUT2D eigenvalue weighted by Crippen LogP contribution is -2.52. The summed E-state index contributed by atoms with van der Waals surface area (Å²) < 4.78 is 11.6. The van der Waals surface area contributed by atoms with Crippen molar-refractivity contribution in [1.29, 1.82) is 0 Å². The van der Waals surface area contributed by atoms with Crippen molar-refractivity contribution >= 4 is 30.7 Å². The van der Waals surface area contributed by atoms with Gasteiger partial charge in [0.05, 0.1) is 12.7 Å². The van der Waals surface area contributed by atoms with Gasteiger partial charge in [-0.1, -0.05) is 30.3 Å². The van der Waals surface area contributed by atoms with Crippen LogP contribution in [-0.4, -0.2) is 73.9 Å². The first-order valence-electron chi connectivity index (χ1n) is 9.74. The highest BCUT2D eigenvalue weighted by molar-refractivity contribution is 5.85. The van der Waals surface area contributed by atoms with Crippen molar-refractivity contribution in [2.45, 2.75) is 38.0 Å². The van der Waals surface area contributed by atoms with Gasteiger partial charge < -0.3 is 20.1 Å². The molecule has 0 radical (unpaired) electrons. The average molecular weight is 434 g/mol. The van der Waals surface area contributed by atoms with E-state index >= 15 is 0 Å². The maximum Gasteiger partial charge on any atom is 0.253 e. The fourth-order valence-electron chi connectivity index (χ4n) is 3.62. The van der Waals surface area contributed by atoms with Crippen molar-refractivity contribution in [3.05, 3.63) is 35.9 Å². The summed E-state index contributed by atoms with van der Waals surface area (Å²) in [6.07, 6.45) is 2.61. The number of nitrogens with two attached hydrogens (primary N) is 1. The van der Waals surface area contributed by atoms with Gasteiger partial charge >= 0.3 is 0 Å². The van der Waals surface area contributed by atoms with Crippen LogP contribution in [0.2, 0.25) is 0 Å². The number of hydrogen-bond acceptors (Lipinski definition) is 5. The van der Waals surface area contributed by atoms with Crippen LogP contribution >= 0.6 is 24.8 Å². The molecule has 1 aromatic rings. The Morgan fingerprint density at radius 1 is 1.14 bits per heavy atom. The smallest absolute Gasteiger partial charge is 0.253 e. The van der Waals surface area contributed by atoms with E-state index in [-0.39, 0.29) is 42.9 Å². The molecule has 1 atom stereocenters. The Morgan fingerprint density at radius 3 is 2.54 bits per heavy atom. The number of amides is 1. The van der Waals surface area contributed by atoms with Crippen LogP contribution < -0.4 is 5.73 Å². The van der Waals surface area contributed by atoms with Crippen LogP contribution in [0.15, 0.2) is 30.3 Å². The van der Waals surface area contributed by atoms with E-state index in [1.165, 1.54) is 5.56 Å². The van der Waals surface area contributed by atoms with E-state index in [1.807, 2.05) is 11.0 Å². The van der Waals surface area contributed by atoms with Crippen molar-refractivity contribution < 1.29 is 14.3 Å². The van der Waals surface area contributed by atoms with Gasteiger partial charge in [-0.2, -0.15) is 0 Å². The molecule has 6 nitrogen and oxygen atoms in total. The zero-order chi connectivity index (χ0) is 18.2. The van der Waals surface area contributed by atoms with Gasteiger partial charge in [-0.3, -0.25) is 9.69 Å². The SMILES string of the molecule is Cl.Cl.NCCCOC1CCN(C(=O)C2CN(Cc3ccccc3)CCO2)CC1. The summed E-state index contributed by atoms with van der Waals surface area (Å²) in [6, 6.07) is 10.4. The van der Waals surface area contributed by atoms with Crippen LogP contribution in [0.1, 0.15) is 24.8 Å². The van der Waals surface area contributed by atoms with Gasteiger partial charge in [0.25, 0.3) is 5.91 Å². The Morgan fingerprint density at radius 2 is 1.86 bits per heavy atom. The van der Waals surface area contributed by atoms with E-state index in [4.69, 9.17) is 15.2 Å². The Bertz CT molecular complexity index is 557. The molecule has 1 aromatic carbocycles. The second-order valence-corrected chi connectivity index (χ2v) is 7.12. The number of rotatable bonds is 7. The van der Waals surface area contributed by atoms with Gasteiger partial charge in [-0.15, -0.1) is 24.8 Å². The number of piperidine rings is 1. The molecule has 28 heavy (non-hydrogen) atoms. The molecule has 2 fully saturated rings. The van der Waals surface area contributed by atoms with Crippen LogP contribution in [0, 0.1) is 0 Å². The van der Waals surface area contributed by atoms with Crippen LogP contribution in [0.3, 0.4) is 0 Å². The van der Waals surface area contributed by atoms with Crippen molar-refractivity contribution in [2.24, 2.45) is 5.73 Å². The normalized spacial score (nSPS) is 20.9. The number of halogens is 2. The number of ether oxygens (including phenoxy) is 2. The highest BCUT2D eigenvalue weighted by Crippen LogP contribution is 2.18. The predicted molar refractivity (Wildman–Crippen MR) is 115 cm³/mol. The molecule has 3 rings (SSSR count). The Labute approximate surface area is 180 Å². The lowest BCUT2D eigenvalue weighted by molar-refractivity contribution is -0.152. The van der Waals surface area contributed by atoms with Crippen LogP contribution in [0.5, 0.6) is 0 Å². The van der Waals surface area contributed by atoms with Crippen molar-refractivity contribution in [2.75, 3.05) is 45.9 Å². The van der Waals surface area contributed by atoms with Gasteiger partial charge in [0.2, 0.25) is 0 Å². The number of morpholine rings is 1. The number of carbonyl (C=O) groups excluding carboxylic acids is 1. The topological polar surface area (TPSA) is 68.0 Å². The third-order valence-electron chi connectivity index (χ3n) is 5.13. The van der Waals surface area contributed by atoms with Gasteiger partial charge in [-0.05, 0) is 31.4 Å². The Hall–Kier alpha value is -0.890. The quantitative estimate of drug-likeness (QED) is 0.666. The summed E-state index contributed by atoms with van der Waals surface area (Å²) in [6.45, 7) is 5.91. The molecule has 0 aromatic heterocycles. The molecule has 2 saturated heterocycles. The van der Waals surface area contributed by atoms with Crippen molar-refractivity contribution in [3.63, 3.8) is 0 Å². The Balaban J connectivity index is 0.00000196. The second-order valence-electron chi connectivity index (χ2n) is 7.12. The molecule has 8 heteroatoms. The number of likely N-dealkylation sites (tertiary alicyclic amines) is 1. The van der Waals surface area contributed by atoms with Crippen LogP contribution in [0.4, 0.5) is 0 Å². The second kappa shape index (κ2) is 13.4. The first-order valence-corrected chi connectivity index (χ1v) is 9.74. The summed E-state index contributed by atoms with van der Waals surface area (Å²) >= 11 is 0. The van der Waals surface area contributed by atoms with E-state index in [0.29, 0.717) is 19.7 Å². The lowest BCUT2D eigenvalue weighted by atomic mass is 10.1. The number of benzene rings is 1. The fraction of sp³-hybridized carbons (Fsp3) is 0.650. The Kier molecular flexibility index (Phi) is 12.0. The van der Waals surface area contributed by atoms with Gasteiger partial charge in [0.1, 0.15) is 6.10 Å². The minimum atomic E-state index is -0.345. The lowest BCUT2D eigenvalue weighted by Gasteiger charge is -2.37. The zero-order valence-corrected chi connectivity index (χ0v) is 18.0. The molecule has 0 spiro atoms. The number of nitrogens with zero attached hydrogens (tertiary/aromatic N) is 2. The molecule has 2 heterocycles. The van der Waals surface area contributed by atoms with Gasteiger partial charge in [-0.25, -0.2) is 0 Å². The first kappa shape index (κ1) is 25.1. The highest BCUT2D eigenvalue weighted by atomic mass is 35.5. The third kappa shape index (κ3) is 7.50. The maximum absolute atomic E-state index is 12.8. The summed E-state index contributed by atoms with van der Waals surface area (Å²) in [7, 11) is 0. The molecule has 1 amide bonds. The molecule has 2 aliphatic rings. The molecule has 160 valence electrons. The van der Waals surface area contributed by atoms with E-state index in [2.05, 4.69) is 29.2 Å². The molecule has 2 N–H and O–H groups in total. The molecular formula is C20H33Cl2N3O3. The fourth-order valence-corrected chi connectivity index (χ4v) is 3.62. The first-order chi connectivity index (χ1) is 12.8. The summed E-state index contributed by atoms with van der Waals surface area (Å²) in [4.78, 5) is 17.1. The molecule has 0 saturated carbocycles. The molecule has 0 aliphatic carbocycles. The van der Waals surface area contributed by atoms with Crippen LogP contribution in [0.25, 0.3) is 0 Å². The van der Waals surface area contributed by atoms with E-state index in [9.17, 15) is 4.79 Å². The van der Waals surface area contributed by atoms with E-state index < -0.39 is 0 Å². The minimum Gasteiger partial charge on any atom is -0.378 e. The number of hydrogen-bond donors (Lipinski definition) is 1. The molecule has 2 aliphatic heterocycles. The summed E-state index contributed by atoms with van der Waals surface area (Å²) in [5, 5.41) is 0. The summed E-state index contributed by atoms with van der Waals surface area (Å²) in [5.41, 5.74) is 6.77. The monoisotopic (exact) mass is 433 g/mol. The van der Waals surface area contributed by atoms with E-state index in [0.717, 1.165) is 52.0 Å². The van der Waals surface area contributed by atoms with Crippen molar-refractivity contribution in [1.82, 2.24) is 9.80 Å². The maximum atomic E-state index is 12.8. The predicted octanol–water partition coefficient (Wildman–Crippen LogP) is 2.09. The molecular weight excluding hydrogens is 401 g/mol. The standard InChI is InChI=1S/C20H31N3O3.2ClH/c21-9-4-13-25-18-7-10-23(11-8-18)20(24)19-16-22(12-14-26-19)15-17-5-2-1-3-6-17;;/h1-3,5-6,18-19H,4,7-16,21H2;2*1H. The summed E-state index contributed by atoms with van der Waals surface area (Å²) in [5.74, 6) is 0.128. The van der Waals surface area contributed by atoms with Crippen LogP contribution in [-0.2, 0) is 20.8 Å². The van der Waals surface area contributed by atoms with Gasteiger partial charge in [0, 0.05) is 39.3 Å². The van der Waals surface area contributed by atoms with Gasteiger partial charge in [0.15, 0.2) is 0 Å². The third-order valence-corrected chi connectivity index (χ3v) is 5.13. The molecule has 0 bridgehead atoms. The van der Waals surface area contributed by atoms with Crippen molar-refractivity contribution in [3.8, 4) is 0 Å². The largest absolute Gasteiger partial charge is 0.378 e. The zero-order valence-electron chi connectivity index (χ0n) is 16.3. The van der Waals surface area contributed by atoms with E-state index in [1.54, 1.807) is 0 Å². The minimum absolute atomic E-state index is 0. The molecule has 1 unspecified atom stereocenters. The average Bonchev–Trinajstić information content (AvgIpc) is 2.69. The highest BCUT2D eigenvalue weighted by Gasteiger charge is 2.32. The number of carbonyl (C=O) groups is 1.